The zero-order valence-corrected chi connectivity index (χ0v) is 13.5. The van der Waals surface area contributed by atoms with Crippen molar-refractivity contribution in [3.63, 3.8) is 0 Å². The van der Waals surface area contributed by atoms with Crippen LogP contribution in [0.15, 0.2) is 66.2 Å². The number of benzene rings is 2. The lowest BCUT2D eigenvalue weighted by Gasteiger charge is -2.27. The van der Waals surface area contributed by atoms with Crippen LogP contribution in [0, 0.1) is 0 Å². The first-order valence-electron chi connectivity index (χ1n) is 7.66. The Bertz CT molecular complexity index is 629. The first-order valence-corrected chi connectivity index (χ1v) is 7.66. The molecule has 2 rings (SSSR count). The molecule has 0 spiro atoms. The molecule has 22 heavy (non-hydrogen) atoms. The lowest BCUT2D eigenvalue weighted by Crippen LogP contribution is -2.36. The van der Waals surface area contributed by atoms with Crippen LogP contribution in [0.1, 0.15) is 31.9 Å². The van der Waals surface area contributed by atoms with Crippen LogP contribution in [-0.2, 0) is 11.3 Å². The van der Waals surface area contributed by atoms with Crippen molar-refractivity contribution >= 4 is 12.0 Å². The highest BCUT2D eigenvalue weighted by Gasteiger charge is 2.18. The van der Waals surface area contributed by atoms with Crippen LogP contribution in [0.25, 0.3) is 6.08 Å². The van der Waals surface area contributed by atoms with Gasteiger partial charge in [0.1, 0.15) is 0 Å². The summed E-state index contributed by atoms with van der Waals surface area (Å²) in [6.45, 7) is 6.63. The van der Waals surface area contributed by atoms with Gasteiger partial charge in [-0.3, -0.25) is 4.79 Å². The smallest absolute Gasteiger partial charge is 0.250 e. The average Bonchev–Trinajstić information content (AvgIpc) is 2.53. The SMILES string of the molecule is C/C(=C\c1ccccc1)C(=O)N(Cc1ccccc1)C(C)C. The molecular weight excluding hydrogens is 270 g/mol. The lowest BCUT2D eigenvalue weighted by atomic mass is 10.1. The minimum absolute atomic E-state index is 0.0858. The standard InChI is InChI=1S/C20H23NO/c1-16(2)21(15-19-12-8-5-9-13-19)20(22)17(3)14-18-10-6-4-7-11-18/h4-14,16H,15H2,1-3H3/b17-14+. The first-order chi connectivity index (χ1) is 10.6. The number of carbonyl (C=O) groups excluding carboxylic acids is 1. The Morgan fingerprint density at radius 2 is 1.55 bits per heavy atom. The second-order valence-corrected chi connectivity index (χ2v) is 5.75. The number of nitrogens with zero attached hydrogens (tertiary/aromatic N) is 1. The maximum Gasteiger partial charge on any atom is 0.250 e. The van der Waals surface area contributed by atoms with Crippen LogP contribution < -0.4 is 0 Å². The molecule has 0 aliphatic carbocycles. The van der Waals surface area contributed by atoms with Crippen molar-refractivity contribution < 1.29 is 4.79 Å². The molecule has 0 saturated heterocycles. The van der Waals surface area contributed by atoms with Gasteiger partial charge in [-0.15, -0.1) is 0 Å². The predicted molar refractivity (Wildman–Crippen MR) is 92.2 cm³/mol. The van der Waals surface area contributed by atoms with Gasteiger partial charge in [0.05, 0.1) is 0 Å². The van der Waals surface area contributed by atoms with Crippen LogP contribution in [0.5, 0.6) is 0 Å². The fourth-order valence-corrected chi connectivity index (χ4v) is 2.36. The van der Waals surface area contributed by atoms with Crippen molar-refractivity contribution in [3.8, 4) is 0 Å². The van der Waals surface area contributed by atoms with Crippen LogP contribution >= 0.6 is 0 Å². The predicted octanol–water partition coefficient (Wildman–Crippen LogP) is 4.53. The first kappa shape index (κ1) is 16.0. The van der Waals surface area contributed by atoms with E-state index in [2.05, 4.69) is 26.0 Å². The summed E-state index contributed by atoms with van der Waals surface area (Å²) in [6.07, 6.45) is 1.95. The van der Waals surface area contributed by atoms with E-state index < -0.39 is 0 Å². The Balaban J connectivity index is 2.17. The molecule has 2 heteroatoms. The van der Waals surface area contributed by atoms with E-state index in [1.165, 1.54) is 0 Å². The van der Waals surface area contributed by atoms with Gasteiger partial charge in [-0.05, 0) is 38.0 Å². The Hall–Kier alpha value is -2.35. The van der Waals surface area contributed by atoms with Crippen molar-refractivity contribution in [3.05, 3.63) is 77.4 Å². The van der Waals surface area contributed by atoms with Gasteiger partial charge in [-0.2, -0.15) is 0 Å². The molecule has 0 fully saturated rings. The molecule has 0 N–H and O–H groups in total. The maximum absolute atomic E-state index is 12.8. The minimum Gasteiger partial charge on any atom is -0.332 e. The molecule has 0 unspecified atom stereocenters. The number of hydrogen-bond donors (Lipinski definition) is 0. The number of amides is 1. The van der Waals surface area contributed by atoms with Gasteiger partial charge in [0.25, 0.3) is 0 Å². The minimum atomic E-state index is 0.0858. The van der Waals surface area contributed by atoms with Crippen molar-refractivity contribution in [2.24, 2.45) is 0 Å². The van der Waals surface area contributed by atoms with E-state index in [4.69, 9.17) is 0 Å². The summed E-state index contributed by atoms with van der Waals surface area (Å²) >= 11 is 0. The van der Waals surface area contributed by atoms with E-state index in [0.29, 0.717) is 6.54 Å². The zero-order valence-electron chi connectivity index (χ0n) is 13.5. The molecular formula is C20H23NO. The van der Waals surface area contributed by atoms with E-state index >= 15 is 0 Å². The van der Waals surface area contributed by atoms with E-state index in [-0.39, 0.29) is 11.9 Å². The molecule has 0 aliphatic rings. The quantitative estimate of drug-likeness (QED) is 0.742. The normalized spacial score (nSPS) is 11.5. The van der Waals surface area contributed by atoms with Crippen LogP contribution in [0.3, 0.4) is 0 Å². The van der Waals surface area contributed by atoms with Gasteiger partial charge < -0.3 is 4.90 Å². The van der Waals surface area contributed by atoms with E-state index in [0.717, 1.165) is 16.7 Å². The molecule has 0 saturated carbocycles. The van der Waals surface area contributed by atoms with Crippen LogP contribution in [-0.4, -0.2) is 16.8 Å². The molecule has 0 atom stereocenters. The fourth-order valence-electron chi connectivity index (χ4n) is 2.36. The number of hydrogen-bond acceptors (Lipinski definition) is 1. The summed E-state index contributed by atoms with van der Waals surface area (Å²) < 4.78 is 0. The highest BCUT2D eigenvalue weighted by molar-refractivity contribution is 5.97. The Morgan fingerprint density at radius 3 is 2.09 bits per heavy atom. The summed E-state index contributed by atoms with van der Waals surface area (Å²) in [6, 6.07) is 20.2. The largest absolute Gasteiger partial charge is 0.332 e. The van der Waals surface area contributed by atoms with Gasteiger partial charge in [0.2, 0.25) is 5.91 Å². The molecule has 0 aromatic heterocycles. The monoisotopic (exact) mass is 293 g/mol. The molecule has 0 aliphatic heterocycles. The molecule has 1 amide bonds. The maximum atomic E-state index is 12.8. The van der Waals surface area contributed by atoms with Crippen molar-refractivity contribution in [1.82, 2.24) is 4.90 Å². The molecule has 0 heterocycles. The van der Waals surface area contributed by atoms with Gasteiger partial charge >= 0.3 is 0 Å². The highest BCUT2D eigenvalue weighted by Crippen LogP contribution is 2.14. The average molecular weight is 293 g/mol. The summed E-state index contributed by atoms with van der Waals surface area (Å²) in [5.74, 6) is 0.0858. The fraction of sp³-hybridized carbons (Fsp3) is 0.250. The zero-order chi connectivity index (χ0) is 15.9. The van der Waals surface area contributed by atoms with Gasteiger partial charge in [0, 0.05) is 18.2 Å². The van der Waals surface area contributed by atoms with E-state index in [9.17, 15) is 4.79 Å². The van der Waals surface area contributed by atoms with Crippen molar-refractivity contribution in [2.45, 2.75) is 33.4 Å². The van der Waals surface area contributed by atoms with Crippen LogP contribution in [0.4, 0.5) is 0 Å². The lowest BCUT2D eigenvalue weighted by molar-refractivity contribution is -0.129. The Labute approximate surface area is 133 Å². The van der Waals surface area contributed by atoms with Gasteiger partial charge in [0.15, 0.2) is 0 Å². The van der Waals surface area contributed by atoms with E-state index in [1.54, 1.807) is 0 Å². The van der Waals surface area contributed by atoms with Crippen molar-refractivity contribution in [2.75, 3.05) is 0 Å². The molecule has 2 aromatic carbocycles. The third kappa shape index (κ3) is 4.32. The number of rotatable bonds is 5. The number of carbonyl (C=O) groups is 1. The second kappa shape index (κ2) is 7.60. The topological polar surface area (TPSA) is 20.3 Å². The summed E-state index contributed by atoms with van der Waals surface area (Å²) in [7, 11) is 0. The third-order valence-electron chi connectivity index (χ3n) is 3.60. The summed E-state index contributed by atoms with van der Waals surface area (Å²) in [5.41, 5.74) is 2.96. The highest BCUT2D eigenvalue weighted by atomic mass is 16.2. The van der Waals surface area contributed by atoms with Gasteiger partial charge in [-0.1, -0.05) is 60.7 Å². The van der Waals surface area contributed by atoms with Crippen LogP contribution in [0.2, 0.25) is 0 Å². The molecule has 0 bridgehead atoms. The molecule has 2 nitrogen and oxygen atoms in total. The molecule has 114 valence electrons. The summed E-state index contributed by atoms with van der Waals surface area (Å²) in [5, 5.41) is 0. The Morgan fingerprint density at radius 1 is 1.00 bits per heavy atom. The third-order valence-corrected chi connectivity index (χ3v) is 3.60. The van der Waals surface area contributed by atoms with E-state index in [1.807, 2.05) is 66.4 Å². The molecule has 0 radical (unpaired) electrons. The second-order valence-electron chi connectivity index (χ2n) is 5.75. The Kier molecular flexibility index (Phi) is 5.54. The molecule has 2 aromatic rings. The van der Waals surface area contributed by atoms with Gasteiger partial charge in [-0.25, -0.2) is 0 Å². The summed E-state index contributed by atoms with van der Waals surface area (Å²) in [4.78, 5) is 14.7. The van der Waals surface area contributed by atoms with Crippen molar-refractivity contribution in [1.29, 1.82) is 0 Å².